The van der Waals surface area contributed by atoms with Gasteiger partial charge in [0.1, 0.15) is 5.82 Å². The first kappa shape index (κ1) is 23.2. The van der Waals surface area contributed by atoms with Gasteiger partial charge in [0.15, 0.2) is 0 Å². The van der Waals surface area contributed by atoms with Gasteiger partial charge in [-0.3, -0.25) is 9.36 Å². The summed E-state index contributed by atoms with van der Waals surface area (Å²) in [7, 11) is -3.84. The second-order valence-corrected chi connectivity index (χ2v) is 10.1. The molecule has 0 saturated heterocycles. The molecule has 4 aromatic rings. The van der Waals surface area contributed by atoms with E-state index < -0.39 is 16.1 Å². The topological polar surface area (TPSA) is 72.3 Å². The van der Waals surface area contributed by atoms with Gasteiger partial charge in [-0.2, -0.15) is 4.31 Å². The number of fused-ring (bicyclic) bond motifs is 1. The Hall–Kier alpha value is -3.00. The molecule has 0 radical (unpaired) electrons. The van der Waals surface area contributed by atoms with Gasteiger partial charge in [-0.05, 0) is 56.3 Å². The number of rotatable bonds is 6. The summed E-state index contributed by atoms with van der Waals surface area (Å²) < 4.78 is 29.9. The van der Waals surface area contributed by atoms with E-state index in [-0.39, 0.29) is 17.0 Å². The lowest BCUT2D eigenvalue weighted by molar-refractivity contribution is 0.340. The van der Waals surface area contributed by atoms with E-state index in [1.165, 1.54) is 8.87 Å². The van der Waals surface area contributed by atoms with Crippen LogP contribution in [0.2, 0.25) is 5.02 Å². The van der Waals surface area contributed by atoms with Crippen molar-refractivity contribution in [3.05, 3.63) is 99.6 Å². The predicted molar refractivity (Wildman–Crippen MR) is 132 cm³/mol. The zero-order valence-corrected chi connectivity index (χ0v) is 20.1. The zero-order chi connectivity index (χ0) is 23.8. The van der Waals surface area contributed by atoms with Crippen LogP contribution in [0.5, 0.6) is 0 Å². The number of halogens is 1. The van der Waals surface area contributed by atoms with Gasteiger partial charge in [0.25, 0.3) is 5.56 Å². The molecule has 3 aromatic carbocycles. The molecule has 0 bridgehead atoms. The summed E-state index contributed by atoms with van der Waals surface area (Å²) in [5, 5.41) is 0.906. The van der Waals surface area contributed by atoms with Crippen LogP contribution in [0.25, 0.3) is 16.6 Å². The van der Waals surface area contributed by atoms with Crippen molar-refractivity contribution in [2.45, 2.75) is 31.7 Å². The van der Waals surface area contributed by atoms with Gasteiger partial charge < -0.3 is 0 Å². The first-order chi connectivity index (χ1) is 15.7. The largest absolute Gasteiger partial charge is 0.268 e. The lowest BCUT2D eigenvalue weighted by Gasteiger charge is -2.28. The maximum Gasteiger partial charge on any atom is 0.266 e. The first-order valence-corrected chi connectivity index (χ1v) is 12.4. The molecule has 0 aliphatic carbocycles. The molecule has 1 unspecified atom stereocenters. The molecule has 1 atom stereocenters. The van der Waals surface area contributed by atoms with Gasteiger partial charge in [-0.25, -0.2) is 13.4 Å². The molecule has 8 heteroatoms. The van der Waals surface area contributed by atoms with E-state index in [4.69, 9.17) is 16.6 Å². The van der Waals surface area contributed by atoms with Crippen LogP contribution in [-0.2, 0) is 10.0 Å². The standard InChI is InChI=1S/C25H24ClN3O3S/c1-4-28(33(31,32)21-14-12-17(2)13-15-21)18(3)24-27-23-11-6-5-10-22(23)25(30)29(24)20-9-7-8-19(26)16-20/h5-16,18H,4H2,1-3H3. The normalized spacial score (nSPS) is 12.9. The molecule has 0 spiro atoms. The maximum atomic E-state index is 13.5. The van der Waals surface area contributed by atoms with Crippen LogP contribution in [0.1, 0.15) is 31.3 Å². The monoisotopic (exact) mass is 481 g/mol. The number of aryl methyl sites for hydroxylation is 1. The van der Waals surface area contributed by atoms with Gasteiger partial charge >= 0.3 is 0 Å². The fourth-order valence-electron chi connectivity index (χ4n) is 3.92. The smallest absolute Gasteiger partial charge is 0.266 e. The van der Waals surface area contributed by atoms with Crippen molar-refractivity contribution in [2.75, 3.05) is 6.54 Å². The minimum atomic E-state index is -3.84. The molecule has 170 valence electrons. The summed E-state index contributed by atoms with van der Waals surface area (Å²) in [6.45, 7) is 5.62. The third-order valence-corrected chi connectivity index (χ3v) is 7.91. The van der Waals surface area contributed by atoms with E-state index in [9.17, 15) is 13.2 Å². The minimum Gasteiger partial charge on any atom is -0.268 e. The van der Waals surface area contributed by atoms with Gasteiger partial charge in [0.05, 0.1) is 27.5 Å². The van der Waals surface area contributed by atoms with Crippen LogP contribution >= 0.6 is 11.6 Å². The summed E-state index contributed by atoms with van der Waals surface area (Å²) in [6.07, 6.45) is 0. The summed E-state index contributed by atoms with van der Waals surface area (Å²) in [5.41, 5.74) is 1.72. The lowest BCUT2D eigenvalue weighted by atomic mass is 10.2. The van der Waals surface area contributed by atoms with Crippen molar-refractivity contribution >= 4 is 32.5 Å². The van der Waals surface area contributed by atoms with Crippen molar-refractivity contribution < 1.29 is 8.42 Å². The Balaban J connectivity index is 1.95. The SMILES string of the molecule is CCN(C(C)c1nc2ccccc2c(=O)n1-c1cccc(Cl)c1)S(=O)(=O)c1ccc(C)cc1. The Bertz CT molecular complexity index is 1480. The highest BCUT2D eigenvalue weighted by Gasteiger charge is 2.32. The van der Waals surface area contributed by atoms with Crippen molar-refractivity contribution in [2.24, 2.45) is 0 Å². The van der Waals surface area contributed by atoms with E-state index in [1.54, 1.807) is 86.6 Å². The summed E-state index contributed by atoms with van der Waals surface area (Å²) in [4.78, 5) is 18.5. The number of sulfonamides is 1. The number of para-hydroxylation sites is 1. The van der Waals surface area contributed by atoms with Crippen LogP contribution in [-0.4, -0.2) is 28.8 Å². The molecule has 6 nitrogen and oxygen atoms in total. The number of hydrogen-bond donors (Lipinski definition) is 0. The molecule has 0 fully saturated rings. The Morgan fingerprint density at radius 3 is 2.39 bits per heavy atom. The zero-order valence-electron chi connectivity index (χ0n) is 18.6. The first-order valence-electron chi connectivity index (χ1n) is 10.6. The molecule has 0 aliphatic rings. The van der Waals surface area contributed by atoms with Gasteiger partial charge in [-0.1, -0.05) is 54.4 Å². The van der Waals surface area contributed by atoms with Crippen LogP contribution in [0.15, 0.2) is 82.5 Å². The Morgan fingerprint density at radius 2 is 1.73 bits per heavy atom. The Morgan fingerprint density at radius 1 is 1.03 bits per heavy atom. The molecule has 0 aliphatic heterocycles. The Kier molecular flexibility index (Phi) is 6.38. The fourth-order valence-corrected chi connectivity index (χ4v) is 5.71. The number of hydrogen-bond acceptors (Lipinski definition) is 4. The van der Waals surface area contributed by atoms with Crippen molar-refractivity contribution in [3.63, 3.8) is 0 Å². The average molecular weight is 482 g/mol. The van der Waals surface area contributed by atoms with Crippen molar-refractivity contribution in [3.8, 4) is 5.69 Å². The van der Waals surface area contributed by atoms with Crippen LogP contribution in [0, 0.1) is 6.92 Å². The van der Waals surface area contributed by atoms with Crippen LogP contribution < -0.4 is 5.56 Å². The van der Waals surface area contributed by atoms with Crippen LogP contribution in [0.3, 0.4) is 0 Å². The fraction of sp³-hybridized carbons (Fsp3) is 0.200. The predicted octanol–water partition coefficient (Wildman–Crippen LogP) is 5.12. The third kappa shape index (κ3) is 4.31. The Labute approximate surface area is 198 Å². The molecule has 1 heterocycles. The van der Waals surface area contributed by atoms with Crippen molar-refractivity contribution in [1.29, 1.82) is 0 Å². The lowest BCUT2D eigenvalue weighted by Crippen LogP contribution is -2.37. The molecule has 33 heavy (non-hydrogen) atoms. The minimum absolute atomic E-state index is 0.194. The summed E-state index contributed by atoms with van der Waals surface area (Å²) in [5.74, 6) is 0.318. The van der Waals surface area contributed by atoms with Crippen molar-refractivity contribution in [1.82, 2.24) is 13.9 Å². The summed E-state index contributed by atoms with van der Waals surface area (Å²) >= 11 is 6.21. The average Bonchev–Trinajstić information content (AvgIpc) is 2.79. The molecule has 4 rings (SSSR count). The van der Waals surface area contributed by atoms with Gasteiger partial charge in [0, 0.05) is 11.6 Å². The second kappa shape index (κ2) is 9.09. The van der Waals surface area contributed by atoms with E-state index >= 15 is 0 Å². The maximum absolute atomic E-state index is 13.5. The van der Waals surface area contributed by atoms with Gasteiger partial charge in [-0.15, -0.1) is 0 Å². The molecular formula is C25H24ClN3O3S. The second-order valence-electron chi connectivity index (χ2n) is 7.80. The van der Waals surface area contributed by atoms with E-state index in [1.807, 2.05) is 6.92 Å². The van der Waals surface area contributed by atoms with E-state index in [2.05, 4.69) is 0 Å². The number of nitrogens with zero attached hydrogens (tertiary/aromatic N) is 3. The summed E-state index contributed by atoms with van der Waals surface area (Å²) in [6, 6.07) is 19.9. The van der Waals surface area contributed by atoms with E-state index in [0.717, 1.165) is 5.56 Å². The highest BCUT2D eigenvalue weighted by molar-refractivity contribution is 7.89. The quantitative estimate of drug-likeness (QED) is 0.383. The number of benzene rings is 3. The molecule has 0 saturated carbocycles. The third-order valence-electron chi connectivity index (χ3n) is 5.61. The van der Waals surface area contributed by atoms with Crippen LogP contribution in [0.4, 0.5) is 0 Å². The highest BCUT2D eigenvalue weighted by Crippen LogP contribution is 2.28. The molecule has 0 N–H and O–H groups in total. The molecule has 1 aromatic heterocycles. The van der Waals surface area contributed by atoms with E-state index in [0.29, 0.717) is 27.4 Å². The van der Waals surface area contributed by atoms with Gasteiger partial charge in [0.2, 0.25) is 10.0 Å². The molecular weight excluding hydrogens is 458 g/mol. The number of aromatic nitrogens is 2. The molecule has 0 amide bonds. The highest BCUT2D eigenvalue weighted by atomic mass is 35.5.